The number of primary sulfonamides is 1. The van der Waals surface area contributed by atoms with Crippen LogP contribution in [-0.2, 0) is 38.8 Å². The van der Waals surface area contributed by atoms with Gasteiger partial charge in [0.2, 0.25) is 10.0 Å². The van der Waals surface area contributed by atoms with Crippen LogP contribution in [0.1, 0.15) is 63.1 Å². The van der Waals surface area contributed by atoms with Gasteiger partial charge >= 0.3 is 6.09 Å². The fourth-order valence-corrected chi connectivity index (χ4v) is 5.52. The SMILES string of the molecule is CC(C)(C)OC(=O)N(CCCCC=O)CCc1cc(-c2cc3c(c(S(N)(=O)=O)c2)CCC3)ccc1Cl. The van der Waals surface area contributed by atoms with E-state index in [-0.39, 0.29) is 4.90 Å². The zero-order valence-electron chi connectivity index (χ0n) is 21.2. The van der Waals surface area contributed by atoms with Gasteiger partial charge in [0, 0.05) is 24.5 Å². The molecule has 0 fully saturated rings. The third-order valence-corrected chi connectivity index (χ3v) is 7.51. The standard InChI is InChI=1S/C27H35ClN2O5S/c1-27(2,3)35-26(32)30(13-5-4-6-15-31)14-12-21-16-19(10-11-24(21)28)22-17-20-8-7-9-23(20)25(18-22)36(29,33)34/h10-11,15-18H,4-9,12-14H2,1-3H3,(H2,29,33,34). The molecule has 1 aliphatic carbocycles. The Bertz CT molecular complexity index is 1220. The molecular formula is C27H35ClN2O5S. The molecule has 0 saturated heterocycles. The van der Waals surface area contributed by atoms with Gasteiger partial charge < -0.3 is 14.4 Å². The normalized spacial score (nSPS) is 13.4. The van der Waals surface area contributed by atoms with E-state index in [1.54, 1.807) is 17.0 Å². The number of nitrogens with zero attached hydrogens (tertiary/aromatic N) is 1. The summed E-state index contributed by atoms with van der Waals surface area (Å²) in [5.41, 5.74) is 3.66. The predicted octanol–water partition coefficient (Wildman–Crippen LogP) is 5.29. The number of hydrogen-bond donors (Lipinski definition) is 1. The molecular weight excluding hydrogens is 500 g/mol. The van der Waals surface area contributed by atoms with Gasteiger partial charge in [-0.1, -0.05) is 23.7 Å². The monoisotopic (exact) mass is 534 g/mol. The van der Waals surface area contributed by atoms with Gasteiger partial charge in [0.15, 0.2) is 0 Å². The average molecular weight is 535 g/mol. The molecule has 0 atom stereocenters. The largest absolute Gasteiger partial charge is 0.444 e. The number of rotatable bonds is 10. The summed E-state index contributed by atoms with van der Waals surface area (Å²) in [4.78, 5) is 25.3. The molecule has 0 radical (unpaired) electrons. The van der Waals surface area contributed by atoms with Crippen molar-refractivity contribution in [2.24, 2.45) is 5.14 Å². The lowest BCUT2D eigenvalue weighted by Gasteiger charge is -2.27. The highest BCUT2D eigenvalue weighted by Gasteiger charge is 2.24. The minimum atomic E-state index is -3.84. The number of fused-ring (bicyclic) bond motifs is 1. The summed E-state index contributed by atoms with van der Waals surface area (Å²) in [5, 5.41) is 6.09. The number of unbranched alkanes of at least 4 members (excludes halogenated alkanes) is 2. The number of aldehydes is 1. The van der Waals surface area contributed by atoms with Crippen molar-refractivity contribution in [3.8, 4) is 11.1 Å². The van der Waals surface area contributed by atoms with Crippen LogP contribution in [0.15, 0.2) is 35.2 Å². The number of carbonyl (C=O) groups excluding carboxylic acids is 2. The van der Waals surface area contributed by atoms with Gasteiger partial charge in [-0.2, -0.15) is 0 Å². The van der Waals surface area contributed by atoms with Gasteiger partial charge in [-0.3, -0.25) is 0 Å². The summed E-state index contributed by atoms with van der Waals surface area (Å²) in [6.45, 7) is 6.33. The van der Waals surface area contributed by atoms with Gasteiger partial charge in [-0.15, -0.1) is 0 Å². The van der Waals surface area contributed by atoms with Crippen LogP contribution in [0.2, 0.25) is 5.02 Å². The quantitative estimate of drug-likeness (QED) is 0.329. The zero-order chi connectivity index (χ0) is 26.5. The molecule has 0 bridgehead atoms. The van der Waals surface area contributed by atoms with E-state index in [2.05, 4.69) is 0 Å². The van der Waals surface area contributed by atoms with Crippen molar-refractivity contribution >= 4 is 34.0 Å². The Kier molecular flexibility index (Phi) is 9.19. The molecule has 1 amide bonds. The molecule has 2 aromatic carbocycles. The van der Waals surface area contributed by atoms with Gasteiger partial charge in [0.1, 0.15) is 11.9 Å². The number of aryl methyl sites for hydroxylation is 1. The number of carbonyl (C=O) groups is 2. The molecule has 0 spiro atoms. The second-order valence-corrected chi connectivity index (χ2v) is 12.1. The lowest BCUT2D eigenvalue weighted by Crippen LogP contribution is -2.38. The topological polar surface area (TPSA) is 107 Å². The van der Waals surface area contributed by atoms with Gasteiger partial charge in [0.25, 0.3) is 0 Å². The Labute approximate surface area is 219 Å². The van der Waals surface area contributed by atoms with Crippen molar-refractivity contribution in [1.82, 2.24) is 4.90 Å². The van der Waals surface area contributed by atoms with Crippen LogP contribution < -0.4 is 5.14 Å². The number of halogens is 1. The third kappa shape index (κ3) is 7.54. The summed E-state index contributed by atoms with van der Waals surface area (Å²) >= 11 is 6.51. The minimum absolute atomic E-state index is 0.190. The van der Waals surface area contributed by atoms with E-state index < -0.39 is 21.7 Å². The summed E-state index contributed by atoms with van der Waals surface area (Å²) in [7, 11) is -3.84. The second-order valence-electron chi connectivity index (χ2n) is 10.2. The summed E-state index contributed by atoms with van der Waals surface area (Å²) < 4.78 is 30.1. The maximum atomic E-state index is 12.8. The van der Waals surface area contributed by atoms with Crippen LogP contribution in [0, 0.1) is 0 Å². The minimum Gasteiger partial charge on any atom is -0.444 e. The molecule has 36 heavy (non-hydrogen) atoms. The average Bonchev–Trinajstić information content (AvgIpc) is 3.25. The van der Waals surface area contributed by atoms with Crippen molar-refractivity contribution in [1.29, 1.82) is 0 Å². The van der Waals surface area contributed by atoms with Crippen molar-refractivity contribution in [3.05, 3.63) is 52.0 Å². The molecule has 0 heterocycles. The van der Waals surface area contributed by atoms with Gasteiger partial charge in [0.05, 0.1) is 4.90 Å². The Morgan fingerprint density at radius 1 is 1.11 bits per heavy atom. The van der Waals surface area contributed by atoms with Crippen LogP contribution in [0.4, 0.5) is 4.79 Å². The summed E-state index contributed by atoms with van der Waals surface area (Å²) in [5.74, 6) is 0. The molecule has 2 N–H and O–H groups in total. The number of hydrogen-bond acceptors (Lipinski definition) is 5. The van der Waals surface area contributed by atoms with E-state index in [4.69, 9.17) is 21.5 Å². The molecule has 0 unspecified atom stereocenters. The van der Waals surface area contributed by atoms with Crippen molar-refractivity contribution in [2.75, 3.05) is 13.1 Å². The number of sulfonamides is 1. The van der Waals surface area contributed by atoms with Crippen molar-refractivity contribution in [3.63, 3.8) is 0 Å². The van der Waals surface area contributed by atoms with E-state index in [1.807, 2.05) is 39.0 Å². The van der Waals surface area contributed by atoms with E-state index >= 15 is 0 Å². The van der Waals surface area contributed by atoms with Crippen molar-refractivity contribution < 1.29 is 22.7 Å². The fourth-order valence-electron chi connectivity index (χ4n) is 4.44. The van der Waals surface area contributed by atoms with Crippen LogP contribution in [0.5, 0.6) is 0 Å². The molecule has 9 heteroatoms. The van der Waals surface area contributed by atoms with Crippen LogP contribution in [0.25, 0.3) is 11.1 Å². The smallest absolute Gasteiger partial charge is 0.410 e. The van der Waals surface area contributed by atoms with Crippen LogP contribution >= 0.6 is 11.6 Å². The first-order chi connectivity index (χ1) is 16.9. The summed E-state index contributed by atoms with van der Waals surface area (Å²) in [6.07, 6.45) is 5.24. The molecule has 196 valence electrons. The molecule has 7 nitrogen and oxygen atoms in total. The third-order valence-electron chi connectivity index (χ3n) is 6.16. The van der Waals surface area contributed by atoms with E-state index in [0.717, 1.165) is 46.9 Å². The molecule has 0 aromatic heterocycles. The second kappa shape index (κ2) is 11.8. The van der Waals surface area contributed by atoms with E-state index in [1.165, 1.54) is 0 Å². The molecule has 2 aromatic rings. The van der Waals surface area contributed by atoms with Crippen LogP contribution in [0.3, 0.4) is 0 Å². The van der Waals surface area contributed by atoms with E-state index in [9.17, 15) is 18.0 Å². The predicted molar refractivity (Wildman–Crippen MR) is 142 cm³/mol. The van der Waals surface area contributed by atoms with E-state index in [0.29, 0.717) is 50.2 Å². The molecule has 3 rings (SSSR count). The summed E-state index contributed by atoms with van der Waals surface area (Å²) in [6, 6.07) is 9.26. The number of amides is 1. The fraction of sp³-hybridized carbons (Fsp3) is 0.481. The Morgan fingerprint density at radius 2 is 1.86 bits per heavy atom. The molecule has 0 aliphatic heterocycles. The highest BCUT2D eigenvalue weighted by atomic mass is 35.5. The van der Waals surface area contributed by atoms with Crippen LogP contribution in [-0.4, -0.2) is 44.4 Å². The first-order valence-corrected chi connectivity index (χ1v) is 14.2. The molecule has 1 aliphatic rings. The first kappa shape index (κ1) is 28.2. The number of ether oxygens (including phenoxy) is 1. The van der Waals surface area contributed by atoms with Gasteiger partial charge in [-0.25, -0.2) is 18.4 Å². The molecule has 0 saturated carbocycles. The first-order valence-electron chi connectivity index (χ1n) is 12.3. The Hall–Kier alpha value is -2.42. The highest BCUT2D eigenvalue weighted by molar-refractivity contribution is 7.89. The Morgan fingerprint density at radius 3 is 2.53 bits per heavy atom. The maximum Gasteiger partial charge on any atom is 0.410 e. The lowest BCUT2D eigenvalue weighted by atomic mass is 9.98. The highest BCUT2D eigenvalue weighted by Crippen LogP contribution is 2.34. The Balaban J connectivity index is 1.84. The maximum absolute atomic E-state index is 12.8. The number of benzene rings is 2. The van der Waals surface area contributed by atoms with Gasteiger partial charge in [-0.05, 0) is 105 Å². The van der Waals surface area contributed by atoms with Crippen molar-refractivity contribution in [2.45, 2.75) is 76.2 Å². The number of nitrogens with two attached hydrogens (primary N) is 1. The lowest BCUT2D eigenvalue weighted by molar-refractivity contribution is -0.107. The zero-order valence-corrected chi connectivity index (χ0v) is 22.8.